The summed E-state index contributed by atoms with van der Waals surface area (Å²) in [7, 11) is 0. The molecule has 0 radical (unpaired) electrons. The Labute approximate surface area is 139 Å². The number of hydrogen-bond acceptors (Lipinski definition) is 3. The van der Waals surface area contributed by atoms with Gasteiger partial charge in [0.1, 0.15) is 0 Å². The molecule has 3 heteroatoms. The van der Waals surface area contributed by atoms with Gasteiger partial charge in [-0.3, -0.25) is 0 Å². The molecular weight excluding hydrogens is 288 g/mol. The van der Waals surface area contributed by atoms with Gasteiger partial charge in [-0.1, -0.05) is 44.5 Å². The highest BCUT2D eigenvalue weighted by atomic mass is 16.5. The van der Waals surface area contributed by atoms with Crippen molar-refractivity contribution >= 4 is 5.97 Å². The van der Waals surface area contributed by atoms with E-state index in [4.69, 9.17) is 4.74 Å². The zero-order chi connectivity index (χ0) is 16.8. The zero-order valence-corrected chi connectivity index (χ0v) is 14.3. The van der Waals surface area contributed by atoms with E-state index in [1.165, 1.54) is 36.8 Å². The Hall–Kier alpha value is -1.61. The number of aliphatic hydroxyl groups is 1. The Morgan fingerprint density at radius 1 is 1.30 bits per heavy atom. The predicted octanol–water partition coefficient (Wildman–Crippen LogP) is 4.13. The number of ether oxygens (including phenoxy) is 1. The number of carbonyl (C=O) groups excluding carboxylic acids is 1. The van der Waals surface area contributed by atoms with Crippen molar-refractivity contribution in [3.05, 3.63) is 47.0 Å². The highest BCUT2D eigenvalue weighted by molar-refractivity contribution is 5.86. The maximum atomic E-state index is 11.5. The fraction of sp³-hybridized carbons (Fsp3) is 0.550. The summed E-state index contributed by atoms with van der Waals surface area (Å²) in [5.74, 6) is 1.07. The molecule has 1 saturated carbocycles. The van der Waals surface area contributed by atoms with Gasteiger partial charge in [-0.15, -0.1) is 0 Å². The fourth-order valence-corrected chi connectivity index (χ4v) is 3.32. The number of hydrogen-bond donors (Lipinski definition) is 1. The third-order valence-corrected chi connectivity index (χ3v) is 4.80. The van der Waals surface area contributed by atoms with Gasteiger partial charge < -0.3 is 9.84 Å². The normalized spacial score (nSPS) is 21.0. The van der Waals surface area contributed by atoms with E-state index in [0.717, 1.165) is 11.5 Å². The average molecular weight is 316 g/mol. The molecule has 23 heavy (non-hydrogen) atoms. The van der Waals surface area contributed by atoms with Gasteiger partial charge in [0, 0.05) is 12.0 Å². The Bertz CT molecular complexity index is 554. The van der Waals surface area contributed by atoms with Gasteiger partial charge in [0.2, 0.25) is 0 Å². The second-order valence-electron chi connectivity index (χ2n) is 6.81. The van der Waals surface area contributed by atoms with Crippen LogP contribution in [0.1, 0.15) is 62.1 Å². The summed E-state index contributed by atoms with van der Waals surface area (Å²) >= 11 is 0. The van der Waals surface area contributed by atoms with Crippen molar-refractivity contribution in [2.45, 2.75) is 58.5 Å². The van der Waals surface area contributed by atoms with Gasteiger partial charge in [0.05, 0.1) is 13.2 Å². The third-order valence-electron chi connectivity index (χ3n) is 4.80. The Morgan fingerprint density at radius 3 is 2.61 bits per heavy atom. The van der Waals surface area contributed by atoms with Crippen molar-refractivity contribution < 1.29 is 14.6 Å². The van der Waals surface area contributed by atoms with Crippen LogP contribution in [0.2, 0.25) is 0 Å². The molecule has 126 valence electrons. The molecule has 1 aromatic carbocycles. The number of aliphatic hydroxyl groups excluding tert-OH is 1. The SMILES string of the molecule is C=C(C)C(=O)OCCc1cc(CO)ccc1C1CCC(C)CC1. The fourth-order valence-electron chi connectivity index (χ4n) is 3.32. The van der Waals surface area contributed by atoms with Crippen LogP contribution in [0.3, 0.4) is 0 Å². The summed E-state index contributed by atoms with van der Waals surface area (Å²) in [5, 5.41) is 9.39. The number of benzene rings is 1. The molecule has 3 nitrogen and oxygen atoms in total. The minimum absolute atomic E-state index is 0.0422. The van der Waals surface area contributed by atoms with Gasteiger partial charge in [0.25, 0.3) is 0 Å². The summed E-state index contributed by atoms with van der Waals surface area (Å²) in [6.07, 6.45) is 5.68. The van der Waals surface area contributed by atoms with Crippen LogP contribution in [0.4, 0.5) is 0 Å². The van der Waals surface area contributed by atoms with Crippen LogP contribution in [0.15, 0.2) is 30.4 Å². The molecule has 1 N–H and O–H groups in total. The first-order chi connectivity index (χ1) is 11.0. The van der Waals surface area contributed by atoms with Crippen molar-refractivity contribution in [2.24, 2.45) is 5.92 Å². The van der Waals surface area contributed by atoms with Crippen LogP contribution in [0, 0.1) is 5.92 Å². The van der Waals surface area contributed by atoms with Gasteiger partial charge in [0.15, 0.2) is 0 Å². The van der Waals surface area contributed by atoms with Crippen molar-refractivity contribution in [2.75, 3.05) is 6.61 Å². The van der Waals surface area contributed by atoms with Crippen LogP contribution < -0.4 is 0 Å². The van der Waals surface area contributed by atoms with E-state index in [-0.39, 0.29) is 12.6 Å². The smallest absolute Gasteiger partial charge is 0.333 e. The molecule has 2 rings (SSSR count). The molecule has 1 aliphatic carbocycles. The van der Waals surface area contributed by atoms with Gasteiger partial charge in [-0.05, 0) is 48.3 Å². The lowest BCUT2D eigenvalue weighted by molar-refractivity contribution is -0.138. The predicted molar refractivity (Wildman–Crippen MR) is 92.2 cm³/mol. The highest BCUT2D eigenvalue weighted by Gasteiger charge is 2.22. The maximum Gasteiger partial charge on any atom is 0.333 e. The van der Waals surface area contributed by atoms with Gasteiger partial charge >= 0.3 is 5.97 Å². The molecule has 0 spiro atoms. The standard InChI is InChI=1S/C20H28O3/c1-14(2)20(22)23-11-10-18-12-16(13-21)6-9-19(18)17-7-4-15(3)5-8-17/h6,9,12,15,17,21H,1,4-5,7-8,10-11,13H2,2-3H3. The van der Waals surface area contributed by atoms with Gasteiger partial charge in [-0.2, -0.15) is 0 Å². The highest BCUT2D eigenvalue weighted by Crippen LogP contribution is 2.37. The third kappa shape index (κ3) is 4.93. The first-order valence-electron chi connectivity index (χ1n) is 8.56. The lowest BCUT2D eigenvalue weighted by atomic mass is 9.77. The molecule has 0 bridgehead atoms. The molecule has 0 heterocycles. The number of esters is 1. The number of carbonyl (C=O) groups is 1. The monoisotopic (exact) mass is 316 g/mol. The summed E-state index contributed by atoms with van der Waals surface area (Å²) in [6, 6.07) is 6.22. The Kier molecular flexibility index (Phi) is 6.40. The first-order valence-corrected chi connectivity index (χ1v) is 8.56. The Balaban J connectivity index is 2.08. The molecule has 1 aliphatic rings. The van der Waals surface area contributed by atoms with E-state index in [2.05, 4.69) is 25.6 Å². The lowest BCUT2D eigenvalue weighted by Gasteiger charge is -2.28. The quantitative estimate of drug-likeness (QED) is 0.634. The number of rotatable bonds is 6. The first kappa shape index (κ1) is 17.7. The van der Waals surface area contributed by atoms with Crippen molar-refractivity contribution in [3.63, 3.8) is 0 Å². The molecule has 0 atom stereocenters. The van der Waals surface area contributed by atoms with Crippen LogP contribution in [-0.4, -0.2) is 17.7 Å². The van der Waals surface area contributed by atoms with Crippen LogP contribution >= 0.6 is 0 Å². The molecule has 0 aromatic heterocycles. The molecule has 0 aliphatic heterocycles. The largest absolute Gasteiger partial charge is 0.462 e. The topological polar surface area (TPSA) is 46.5 Å². The van der Waals surface area contributed by atoms with Crippen LogP contribution in [0.5, 0.6) is 0 Å². The molecule has 1 aromatic rings. The van der Waals surface area contributed by atoms with E-state index in [0.29, 0.717) is 24.5 Å². The second-order valence-corrected chi connectivity index (χ2v) is 6.81. The lowest BCUT2D eigenvalue weighted by Crippen LogP contribution is -2.14. The maximum absolute atomic E-state index is 11.5. The zero-order valence-electron chi connectivity index (χ0n) is 14.3. The van der Waals surface area contributed by atoms with Crippen LogP contribution in [-0.2, 0) is 22.6 Å². The molecule has 1 fully saturated rings. The molecule has 0 unspecified atom stereocenters. The van der Waals surface area contributed by atoms with E-state index in [1.54, 1.807) is 6.92 Å². The summed E-state index contributed by atoms with van der Waals surface area (Å²) in [4.78, 5) is 11.5. The van der Waals surface area contributed by atoms with Crippen molar-refractivity contribution in [1.82, 2.24) is 0 Å². The molecule has 0 saturated heterocycles. The summed E-state index contributed by atoms with van der Waals surface area (Å²) in [6.45, 7) is 7.98. The van der Waals surface area contributed by atoms with Crippen LogP contribution in [0.25, 0.3) is 0 Å². The molecular formula is C20H28O3. The van der Waals surface area contributed by atoms with E-state index < -0.39 is 0 Å². The summed E-state index contributed by atoms with van der Waals surface area (Å²) < 4.78 is 5.24. The van der Waals surface area contributed by atoms with Crippen molar-refractivity contribution in [3.8, 4) is 0 Å². The van der Waals surface area contributed by atoms with E-state index in [1.807, 2.05) is 6.07 Å². The van der Waals surface area contributed by atoms with E-state index in [9.17, 15) is 9.90 Å². The Morgan fingerprint density at radius 2 is 2.00 bits per heavy atom. The molecule has 0 amide bonds. The average Bonchev–Trinajstić information content (AvgIpc) is 2.55. The summed E-state index contributed by atoms with van der Waals surface area (Å²) in [5.41, 5.74) is 3.90. The van der Waals surface area contributed by atoms with Gasteiger partial charge in [-0.25, -0.2) is 4.79 Å². The van der Waals surface area contributed by atoms with Crippen molar-refractivity contribution in [1.29, 1.82) is 0 Å². The second kappa shape index (κ2) is 8.30. The van der Waals surface area contributed by atoms with E-state index >= 15 is 0 Å². The minimum atomic E-state index is -0.337. The minimum Gasteiger partial charge on any atom is -0.462 e.